The highest BCUT2D eigenvalue weighted by Gasteiger charge is 2.41. The summed E-state index contributed by atoms with van der Waals surface area (Å²) >= 11 is 0. The van der Waals surface area contributed by atoms with Crippen LogP contribution in [0.25, 0.3) is 0 Å². The van der Waals surface area contributed by atoms with E-state index in [4.69, 9.17) is 14.2 Å². The first-order valence-corrected chi connectivity index (χ1v) is 7.08. The number of hydrogen-bond acceptors (Lipinski definition) is 5. The molecule has 114 valence electrons. The van der Waals surface area contributed by atoms with E-state index in [1.165, 1.54) is 13.2 Å². The van der Waals surface area contributed by atoms with Crippen LogP contribution in [0.5, 0.6) is 11.5 Å². The van der Waals surface area contributed by atoms with E-state index in [2.05, 4.69) is 0 Å². The molecule has 3 rings (SSSR count). The molecule has 0 saturated carbocycles. The second kappa shape index (κ2) is 5.54. The van der Waals surface area contributed by atoms with Crippen LogP contribution in [0.2, 0.25) is 0 Å². The topological polar surface area (TPSA) is 68.2 Å². The van der Waals surface area contributed by atoms with Crippen molar-refractivity contribution < 1.29 is 24.1 Å². The molecule has 0 aromatic heterocycles. The van der Waals surface area contributed by atoms with Crippen molar-refractivity contribution in [2.24, 2.45) is 0 Å². The number of likely N-dealkylation sites (tertiary alicyclic amines) is 1. The Morgan fingerprint density at radius 1 is 1.29 bits per heavy atom. The average molecular weight is 293 g/mol. The van der Waals surface area contributed by atoms with E-state index in [-0.39, 0.29) is 11.7 Å². The molecule has 0 aliphatic carbocycles. The number of benzene rings is 1. The molecule has 0 unspecified atom stereocenters. The molecule has 0 radical (unpaired) electrons. The van der Waals surface area contributed by atoms with Gasteiger partial charge in [-0.2, -0.15) is 0 Å². The monoisotopic (exact) mass is 293 g/mol. The molecular formula is C15H19NO5. The van der Waals surface area contributed by atoms with Crippen LogP contribution in [-0.4, -0.2) is 55.1 Å². The van der Waals surface area contributed by atoms with E-state index in [1.807, 2.05) is 0 Å². The van der Waals surface area contributed by atoms with Gasteiger partial charge < -0.3 is 24.2 Å². The van der Waals surface area contributed by atoms with Gasteiger partial charge in [0, 0.05) is 32.0 Å². The molecule has 21 heavy (non-hydrogen) atoms. The van der Waals surface area contributed by atoms with Crippen molar-refractivity contribution in [3.05, 3.63) is 23.8 Å². The standard InChI is InChI=1S/C15H19NO5/c1-19-11-2-3-12(13(17)10-11)14(18)16-6-4-15(5-7-16)20-8-9-21-15/h2-3,10,17H,4-9H2,1H3. The summed E-state index contributed by atoms with van der Waals surface area (Å²) in [6.07, 6.45) is 1.32. The normalized spacial score (nSPS) is 20.7. The maximum absolute atomic E-state index is 12.5. The number of phenols is 1. The zero-order valence-corrected chi connectivity index (χ0v) is 12.0. The van der Waals surface area contributed by atoms with E-state index in [9.17, 15) is 9.90 Å². The number of carbonyl (C=O) groups is 1. The van der Waals surface area contributed by atoms with Gasteiger partial charge in [-0.15, -0.1) is 0 Å². The summed E-state index contributed by atoms with van der Waals surface area (Å²) in [6, 6.07) is 4.70. The number of phenolic OH excluding ortho intramolecular Hbond substituents is 1. The second-order valence-corrected chi connectivity index (χ2v) is 5.28. The second-order valence-electron chi connectivity index (χ2n) is 5.28. The van der Waals surface area contributed by atoms with Gasteiger partial charge in [0.25, 0.3) is 5.91 Å². The highest BCUT2D eigenvalue weighted by molar-refractivity contribution is 5.97. The maximum Gasteiger partial charge on any atom is 0.257 e. The van der Waals surface area contributed by atoms with Crippen molar-refractivity contribution in [1.29, 1.82) is 0 Å². The number of rotatable bonds is 2. The molecule has 1 N–H and O–H groups in total. The molecule has 2 saturated heterocycles. The van der Waals surface area contributed by atoms with Crippen molar-refractivity contribution in [2.45, 2.75) is 18.6 Å². The van der Waals surface area contributed by atoms with Crippen LogP contribution in [-0.2, 0) is 9.47 Å². The van der Waals surface area contributed by atoms with Crippen LogP contribution in [0.15, 0.2) is 18.2 Å². The van der Waals surface area contributed by atoms with E-state index in [0.717, 1.165) is 0 Å². The lowest BCUT2D eigenvalue weighted by atomic mass is 10.0. The summed E-state index contributed by atoms with van der Waals surface area (Å²) in [5.41, 5.74) is 0.292. The van der Waals surface area contributed by atoms with Gasteiger partial charge in [-0.3, -0.25) is 4.79 Å². The van der Waals surface area contributed by atoms with Gasteiger partial charge in [0.1, 0.15) is 11.5 Å². The Bertz CT molecular complexity index is 529. The molecule has 1 amide bonds. The SMILES string of the molecule is COc1ccc(C(=O)N2CCC3(CC2)OCCO3)c(O)c1. The number of carbonyl (C=O) groups excluding carboxylic acids is 1. The van der Waals surface area contributed by atoms with Gasteiger partial charge in [0.2, 0.25) is 0 Å². The van der Waals surface area contributed by atoms with Gasteiger partial charge in [-0.1, -0.05) is 0 Å². The summed E-state index contributed by atoms with van der Waals surface area (Å²) in [5.74, 6) is -0.218. The highest BCUT2D eigenvalue weighted by atomic mass is 16.7. The van der Waals surface area contributed by atoms with Gasteiger partial charge in [-0.05, 0) is 12.1 Å². The fourth-order valence-electron chi connectivity index (χ4n) is 2.83. The Morgan fingerprint density at radius 2 is 1.95 bits per heavy atom. The Morgan fingerprint density at radius 3 is 2.52 bits per heavy atom. The Kier molecular flexibility index (Phi) is 3.73. The minimum Gasteiger partial charge on any atom is -0.507 e. The zero-order chi connectivity index (χ0) is 14.9. The quantitative estimate of drug-likeness (QED) is 0.892. The predicted molar refractivity (Wildman–Crippen MR) is 74.4 cm³/mol. The number of piperidine rings is 1. The molecular weight excluding hydrogens is 274 g/mol. The lowest BCUT2D eigenvalue weighted by Crippen LogP contribution is -2.47. The van der Waals surface area contributed by atoms with Gasteiger partial charge in [0.05, 0.1) is 25.9 Å². The van der Waals surface area contributed by atoms with Crippen LogP contribution >= 0.6 is 0 Å². The van der Waals surface area contributed by atoms with Crippen LogP contribution in [0.4, 0.5) is 0 Å². The van der Waals surface area contributed by atoms with Crippen molar-refractivity contribution >= 4 is 5.91 Å². The average Bonchev–Trinajstić information content (AvgIpc) is 2.95. The number of nitrogens with zero attached hydrogens (tertiary/aromatic N) is 1. The lowest BCUT2D eigenvalue weighted by molar-refractivity contribution is -0.181. The third-order valence-electron chi connectivity index (χ3n) is 4.06. The van der Waals surface area contributed by atoms with Gasteiger partial charge in [-0.25, -0.2) is 0 Å². The van der Waals surface area contributed by atoms with Crippen LogP contribution < -0.4 is 4.74 Å². The molecule has 6 nitrogen and oxygen atoms in total. The summed E-state index contributed by atoms with van der Waals surface area (Å²) in [7, 11) is 1.52. The fourth-order valence-corrected chi connectivity index (χ4v) is 2.83. The zero-order valence-electron chi connectivity index (χ0n) is 12.0. The summed E-state index contributed by atoms with van der Waals surface area (Å²) in [4.78, 5) is 14.2. The number of hydrogen-bond donors (Lipinski definition) is 1. The molecule has 2 heterocycles. The van der Waals surface area contributed by atoms with E-state index in [1.54, 1.807) is 17.0 Å². The Hall–Kier alpha value is -1.79. The summed E-state index contributed by atoms with van der Waals surface area (Å²) in [6.45, 7) is 2.36. The summed E-state index contributed by atoms with van der Waals surface area (Å²) < 4.78 is 16.3. The molecule has 2 fully saturated rings. The summed E-state index contributed by atoms with van der Waals surface area (Å²) in [5, 5.41) is 9.95. The van der Waals surface area contributed by atoms with E-state index >= 15 is 0 Å². The molecule has 6 heteroatoms. The molecule has 1 spiro atoms. The number of ether oxygens (including phenoxy) is 3. The first kappa shape index (κ1) is 14.2. The molecule has 2 aliphatic rings. The van der Waals surface area contributed by atoms with Crippen LogP contribution in [0.3, 0.4) is 0 Å². The van der Waals surface area contributed by atoms with Gasteiger partial charge in [0.15, 0.2) is 5.79 Å². The first-order chi connectivity index (χ1) is 10.1. The van der Waals surface area contributed by atoms with Crippen LogP contribution in [0.1, 0.15) is 23.2 Å². The maximum atomic E-state index is 12.5. The Labute approximate surface area is 123 Å². The number of aromatic hydroxyl groups is 1. The van der Waals surface area contributed by atoms with E-state index < -0.39 is 5.79 Å². The molecule has 1 aromatic rings. The van der Waals surface area contributed by atoms with E-state index in [0.29, 0.717) is 50.5 Å². The molecule has 1 aromatic carbocycles. The minimum absolute atomic E-state index is 0.0620. The molecule has 2 aliphatic heterocycles. The number of methoxy groups -OCH3 is 1. The molecule has 0 bridgehead atoms. The van der Waals surface area contributed by atoms with Crippen molar-refractivity contribution in [2.75, 3.05) is 33.4 Å². The van der Waals surface area contributed by atoms with Crippen molar-refractivity contribution in [1.82, 2.24) is 4.90 Å². The third kappa shape index (κ3) is 2.69. The van der Waals surface area contributed by atoms with Crippen LogP contribution in [0, 0.1) is 0 Å². The lowest BCUT2D eigenvalue weighted by Gasteiger charge is -2.37. The fraction of sp³-hybridized carbons (Fsp3) is 0.533. The third-order valence-corrected chi connectivity index (χ3v) is 4.06. The highest BCUT2D eigenvalue weighted by Crippen LogP contribution is 2.32. The largest absolute Gasteiger partial charge is 0.507 e. The van der Waals surface area contributed by atoms with Gasteiger partial charge >= 0.3 is 0 Å². The van der Waals surface area contributed by atoms with Crippen molar-refractivity contribution in [3.63, 3.8) is 0 Å². The van der Waals surface area contributed by atoms with Crippen molar-refractivity contribution in [3.8, 4) is 11.5 Å². The Balaban J connectivity index is 1.69. The smallest absolute Gasteiger partial charge is 0.257 e. The predicted octanol–water partition coefficient (Wildman–Crippen LogP) is 1.38. The molecule has 0 atom stereocenters. The number of amides is 1. The first-order valence-electron chi connectivity index (χ1n) is 7.08. The minimum atomic E-state index is -0.501.